The van der Waals surface area contributed by atoms with Crippen molar-refractivity contribution < 1.29 is 22.8 Å². The molecule has 0 spiro atoms. The second-order valence-electron chi connectivity index (χ2n) is 13.5. The van der Waals surface area contributed by atoms with Crippen molar-refractivity contribution in [2.24, 2.45) is 5.92 Å². The standard InChI is InChI=1S/C27H22NS.C15H18GeN.Ir/c1-17-8-9-20-15-24-22-6-3-7-23(27(22)29-26(24)16-21(20)12-17)25-14-19(10-11-28-25)13-18-4-2-5-18;1-12-10-15(13-8-6-5-7-9-13)17-11-14(12)16(2,3)4;/h3,6,8-12,14-16,18H,2,4-5,13H2,1H3;5-8,10-11H,1-4H3;/q2*-1;/i13D2;;. The first-order chi connectivity index (χ1) is 23.0. The van der Waals surface area contributed by atoms with Gasteiger partial charge in [-0.2, -0.15) is 11.3 Å². The molecular formula is C42H40GeIrN2S-2. The maximum atomic E-state index is 8.67. The molecule has 1 aliphatic carbocycles. The molecule has 1 radical (unpaired) electrons. The average Bonchev–Trinajstić information content (AvgIpc) is 3.40. The number of pyridine rings is 2. The van der Waals surface area contributed by atoms with E-state index < -0.39 is 19.6 Å². The second-order valence-corrected chi connectivity index (χ2v) is 25.1. The van der Waals surface area contributed by atoms with Gasteiger partial charge in [0.15, 0.2) is 0 Å². The van der Waals surface area contributed by atoms with Gasteiger partial charge in [0.05, 0.1) is 0 Å². The fraction of sp³-hybridized carbons (Fsp3) is 0.238. The van der Waals surface area contributed by atoms with Gasteiger partial charge < -0.3 is 4.98 Å². The number of aryl methyl sites for hydroxylation is 2. The molecule has 8 rings (SSSR count). The number of fused-ring (bicyclic) bond motifs is 4. The summed E-state index contributed by atoms with van der Waals surface area (Å²) < 4.78 is 21.2. The number of hydrogen-bond donors (Lipinski definition) is 0. The smallest absolute Gasteiger partial charge is 0.0319 e. The Hall–Kier alpha value is -3.15. The zero-order valence-corrected chi connectivity index (χ0v) is 32.9. The third-order valence-corrected chi connectivity index (χ3v) is 14.6. The molecule has 2 nitrogen and oxygen atoms in total. The van der Waals surface area contributed by atoms with Crippen molar-refractivity contribution in [2.75, 3.05) is 0 Å². The van der Waals surface area contributed by atoms with Crippen LogP contribution in [0.25, 0.3) is 53.5 Å². The first kappa shape index (κ1) is 31.1. The predicted octanol–water partition coefficient (Wildman–Crippen LogP) is 11.1. The average molecular weight is 872 g/mol. The van der Waals surface area contributed by atoms with Gasteiger partial charge in [-0.15, -0.1) is 23.8 Å². The third kappa shape index (κ3) is 7.32. The van der Waals surface area contributed by atoms with E-state index in [2.05, 4.69) is 108 Å². The molecule has 0 bridgehead atoms. The second kappa shape index (κ2) is 14.1. The van der Waals surface area contributed by atoms with Crippen LogP contribution in [0.5, 0.6) is 0 Å². The summed E-state index contributed by atoms with van der Waals surface area (Å²) in [4.78, 5) is 9.21. The molecule has 0 aliphatic heterocycles. The molecule has 0 N–H and O–H groups in total. The summed E-state index contributed by atoms with van der Waals surface area (Å²) >= 11 is 0.00155. The Morgan fingerprint density at radius 2 is 1.70 bits per heavy atom. The summed E-state index contributed by atoms with van der Waals surface area (Å²) in [5, 5.41) is 4.98. The Labute approximate surface area is 302 Å². The molecule has 47 heavy (non-hydrogen) atoms. The number of aromatic nitrogens is 2. The van der Waals surface area contributed by atoms with E-state index in [9.17, 15) is 0 Å². The van der Waals surface area contributed by atoms with Gasteiger partial charge in [0.1, 0.15) is 0 Å². The van der Waals surface area contributed by atoms with Crippen LogP contribution < -0.4 is 4.40 Å². The molecule has 1 fully saturated rings. The van der Waals surface area contributed by atoms with Gasteiger partial charge in [-0.1, -0.05) is 60.0 Å². The molecule has 3 heterocycles. The van der Waals surface area contributed by atoms with Crippen molar-refractivity contribution in [3.63, 3.8) is 0 Å². The molecule has 0 amide bonds. The van der Waals surface area contributed by atoms with Gasteiger partial charge in [-0.25, -0.2) is 0 Å². The summed E-state index contributed by atoms with van der Waals surface area (Å²) in [5.74, 6) is 7.32. The van der Waals surface area contributed by atoms with Gasteiger partial charge in [0.25, 0.3) is 0 Å². The molecule has 7 aromatic rings. The van der Waals surface area contributed by atoms with Crippen molar-refractivity contribution in [2.45, 2.75) is 56.8 Å². The van der Waals surface area contributed by atoms with Crippen LogP contribution in [0.2, 0.25) is 17.3 Å². The van der Waals surface area contributed by atoms with Gasteiger partial charge >= 0.3 is 106 Å². The van der Waals surface area contributed by atoms with Crippen molar-refractivity contribution in [1.29, 1.82) is 0 Å². The molecule has 0 unspecified atom stereocenters. The molecule has 4 aromatic carbocycles. The zero-order chi connectivity index (χ0) is 33.6. The van der Waals surface area contributed by atoms with Crippen LogP contribution in [-0.4, -0.2) is 23.2 Å². The van der Waals surface area contributed by atoms with E-state index in [1.54, 1.807) is 17.5 Å². The molecule has 1 aliphatic rings. The SMILES string of the molecule is Cc1cc(-c2[c-]cccc2)nc[c]1[Ge]([CH3])([CH3])[CH3].[2H]C([2H])(c1ccnc(-c2[c-]ccc3c2sc2cc4cc(C)ccc4cc23)c1)C1CCC1.[Ir]. The van der Waals surface area contributed by atoms with Crippen LogP contribution in [-0.2, 0) is 26.5 Å². The summed E-state index contributed by atoms with van der Waals surface area (Å²) in [7, 11) is 0. The summed E-state index contributed by atoms with van der Waals surface area (Å²) in [6.07, 6.45) is 5.58. The quantitative estimate of drug-likeness (QED) is 0.127. The van der Waals surface area contributed by atoms with Crippen molar-refractivity contribution >= 4 is 59.9 Å². The first-order valence-corrected chi connectivity index (χ1v) is 24.3. The van der Waals surface area contributed by atoms with Crippen molar-refractivity contribution in [3.05, 3.63) is 126 Å². The topological polar surface area (TPSA) is 25.8 Å². The van der Waals surface area contributed by atoms with E-state index in [-0.39, 0.29) is 26.0 Å². The minimum absolute atomic E-state index is 0. The first-order valence-electron chi connectivity index (χ1n) is 17.2. The normalized spacial score (nSPS) is 14.1. The monoisotopic (exact) mass is 873 g/mol. The largest absolute Gasteiger partial charge is 0.305 e. The van der Waals surface area contributed by atoms with E-state index in [4.69, 9.17) is 2.74 Å². The molecule has 5 heteroatoms. The number of rotatable bonds is 5. The summed E-state index contributed by atoms with van der Waals surface area (Å²) in [5.41, 5.74) is 7.24. The van der Waals surface area contributed by atoms with E-state index in [1.807, 2.05) is 36.4 Å². The maximum absolute atomic E-state index is 8.67. The minimum atomic E-state index is -1.77. The van der Waals surface area contributed by atoms with E-state index in [0.29, 0.717) is 0 Å². The van der Waals surface area contributed by atoms with Gasteiger partial charge in [-0.05, 0) is 64.0 Å². The number of benzene rings is 4. The van der Waals surface area contributed by atoms with Crippen LogP contribution in [0.15, 0.2) is 97.3 Å². The van der Waals surface area contributed by atoms with Gasteiger partial charge in [0, 0.05) is 33.7 Å². The van der Waals surface area contributed by atoms with E-state index in [0.717, 1.165) is 47.3 Å². The Bertz CT molecular complexity index is 2270. The zero-order valence-electron chi connectivity index (χ0n) is 29.6. The van der Waals surface area contributed by atoms with Gasteiger partial charge in [-0.3, -0.25) is 0 Å². The molecular weight excluding hydrogens is 829 g/mol. The number of nitrogens with zero attached hydrogens (tertiary/aromatic N) is 2. The van der Waals surface area contributed by atoms with E-state index in [1.165, 1.54) is 46.5 Å². The number of thiophene rings is 1. The van der Waals surface area contributed by atoms with Crippen LogP contribution in [0.4, 0.5) is 0 Å². The van der Waals surface area contributed by atoms with Crippen LogP contribution in [0.3, 0.4) is 0 Å². The Morgan fingerprint density at radius 1 is 0.851 bits per heavy atom. The summed E-state index contributed by atoms with van der Waals surface area (Å²) in [6, 6.07) is 35.8. The van der Waals surface area contributed by atoms with Crippen LogP contribution >= 0.6 is 11.3 Å². The van der Waals surface area contributed by atoms with Crippen LogP contribution in [0, 0.1) is 31.9 Å². The third-order valence-electron chi connectivity index (χ3n) is 8.94. The Morgan fingerprint density at radius 3 is 2.43 bits per heavy atom. The fourth-order valence-electron chi connectivity index (χ4n) is 6.28. The molecule has 3 aromatic heterocycles. The predicted molar refractivity (Wildman–Crippen MR) is 201 cm³/mol. The molecule has 0 atom stereocenters. The van der Waals surface area contributed by atoms with E-state index >= 15 is 0 Å². The summed E-state index contributed by atoms with van der Waals surface area (Å²) in [6.45, 7) is 4.32. The maximum Gasteiger partial charge on any atom is 0.0319 e. The molecule has 1 saturated carbocycles. The molecule has 0 saturated heterocycles. The molecule has 239 valence electrons. The minimum Gasteiger partial charge on any atom is -0.305 e. The van der Waals surface area contributed by atoms with Crippen molar-refractivity contribution in [3.8, 4) is 22.5 Å². The van der Waals surface area contributed by atoms with Crippen molar-refractivity contribution in [1.82, 2.24) is 9.97 Å². The number of hydrogen-bond acceptors (Lipinski definition) is 3. The Kier molecular flexibility index (Phi) is 9.37. The fourth-order valence-corrected chi connectivity index (χ4v) is 11.1. The Balaban J connectivity index is 0.000000198. The van der Waals surface area contributed by atoms with Gasteiger partial charge in [0.2, 0.25) is 0 Å². The van der Waals surface area contributed by atoms with Crippen LogP contribution in [0.1, 0.15) is 38.7 Å².